The number of anilines is 1. The smallest absolute Gasteiger partial charge is 0.336 e. The number of ether oxygens (including phenoxy) is 1. The van der Waals surface area contributed by atoms with E-state index < -0.39 is 0 Å². The van der Waals surface area contributed by atoms with E-state index in [0.29, 0.717) is 17.7 Å². The van der Waals surface area contributed by atoms with Crippen molar-refractivity contribution >= 4 is 28.9 Å². The Bertz CT molecular complexity index is 823. The lowest BCUT2D eigenvalue weighted by Crippen LogP contribution is -2.37. The molecule has 116 valence electrons. The molecule has 0 radical (unpaired) electrons. The van der Waals surface area contributed by atoms with Gasteiger partial charge in [-0.05, 0) is 47.0 Å². The van der Waals surface area contributed by atoms with Gasteiger partial charge in [0.2, 0.25) is 5.91 Å². The number of esters is 1. The Balaban J connectivity index is 1.85. The number of rotatable bonds is 2. The van der Waals surface area contributed by atoms with Crippen LogP contribution in [0.1, 0.15) is 23.5 Å². The second-order valence-electron chi connectivity index (χ2n) is 5.82. The second kappa shape index (κ2) is 5.35. The third-order valence-corrected chi connectivity index (χ3v) is 5.02. The Hall–Kier alpha value is -2.40. The fraction of sp³-hybridized carbons (Fsp3) is 0.222. The van der Waals surface area contributed by atoms with Crippen LogP contribution < -0.4 is 4.90 Å². The summed E-state index contributed by atoms with van der Waals surface area (Å²) < 4.78 is 5.25. The summed E-state index contributed by atoms with van der Waals surface area (Å²) in [6.07, 6.45) is 0.290. The standard InChI is InChI=1S/C18H15NO3S/c1-11-3-2-4-13(7-11)19-15-9-22-18(21)17(15)14(8-16(19)20)12-5-6-23-10-12/h2-7,10,14H,8-9H2,1H3/t14-/m0/s1. The molecule has 0 bridgehead atoms. The Labute approximate surface area is 138 Å². The molecule has 1 aromatic heterocycles. The van der Waals surface area contributed by atoms with Gasteiger partial charge in [0.1, 0.15) is 6.61 Å². The van der Waals surface area contributed by atoms with Crippen molar-refractivity contribution in [3.05, 3.63) is 63.5 Å². The molecule has 0 aliphatic carbocycles. The van der Waals surface area contributed by atoms with Crippen LogP contribution in [0.15, 0.2) is 52.4 Å². The lowest BCUT2D eigenvalue weighted by Gasteiger charge is -2.31. The summed E-state index contributed by atoms with van der Waals surface area (Å²) in [5.74, 6) is -0.495. The maximum absolute atomic E-state index is 12.8. The fourth-order valence-electron chi connectivity index (χ4n) is 3.28. The highest BCUT2D eigenvalue weighted by molar-refractivity contribution is 7.08. The van der Waals surface area contributed by atoms with Crippen LogP contribution >= 0.6 is 11.3 Å². The zero-order valence-electron chi connectivity index (χ0n) is 12.6. The Kier molecular flexibility index (Phi) is 3.31. The fourth-order valence-corrected chi connectivity index (χ4v) is 3.99. The van der Waals surface area contributed by atoms with Gasteiger partial charge in [-0.25, -0.2) is 4.79 Å². The van der Waals surface area contributed by atoms with E-state index >= 15 is 0 Å². The lowest BCUT2D eigenvalue weighted by molar-refractivity contribution is -0.136. The molecular weight excluding hydrogens is 310 g/mol. The van der Waals surface area contributed by atoms with Gasteiger partial charge in [0.05, 0.1) is 11.3 Å². The van der Waals surface area contributed by atoms with Gasteiger partial charge in [0, 0.05) is 18.0 Å². The zero-order chi connectivity index (χ0) is 16.0. The van der Waals surface area contributed by atoms with E-state index in [0.717, 1.165) is 16.8 Å². The average molecular weight is 325 g/mol. The van der Waals surface area contributed by atoms with E-state index in [-0.39, 0.29) is 24.4 Å². The van der Waals surface area contributed by atoms with Crippen LogP contribution in [0.4, 0.5) is 5.69 Å². The van der Waals surface area contributed by atoms with Crippen molar-refractivity contribution in [1.29, 1.82) is 0 Å². The number of thiophene rings is 1. The molecule has 23 heavy (non-hydrogen) atoms. The van der Waals surface area contributed by atoms with Crippen molar-refractivity contribution in [3.63, 3.8) is 0 Å². The third-order valence-electron chi connectivity index (χ3n) is 4.32. The number of cyclic esters (lactones) is 1. The molecule has 0 spiro atoms. The Morgan fingerprint density at radius 3 is 2.87 bits per heavy atom. The minimum atomic E-state index is -0.304. The average Bonchev–Trinajstić information content (AvgIpc) is 3.17. The van der Waals surface area contributed by atoms with E-state index in [1.54, 1.807) is 16.2 Å². The molecule has 0 N–H and O–H groups in total. The number of aryl methyl sites for hydroxylation is 1. The Morgan fingerprint density at radius 2 is 2.13 bits per heavy atom. The van der Waals surface area contributed by atoms with Crippen LogP contribution in [0.5, 0.6) is 0 Å². The number of benzene rings is 1. The van der Waals surface area contributed by atoms with Crippen molar-refractivity contribution in [2.24, 2.45) is 0 Å². The summed E-state index contributed by atoms with van der Waals surface area (Å²) in [4.78, 5) is 26.7. The normalized spacial score (nSPS) is 20.7. The predicted octanol–water partition coefficient (Wildman–Crippen LogP) is 3.39. The summed E-state index contributed by atoms with van der Waals surface area (Å²) in [5.41, 5.74) is 4.20. The molecule has 2 aromatic rings. The third kappa shape index (κ3) is 2.28. The van der Waals surface area contributed by atoms with E-state index in [1.165, 1.54) is 0 Å². The zero-order valence-corrected chi connectivity index (χ0v) is 13.4. The van der Waals surface area contributed by atoms with Crippen molar-refractivity contribution in [2.45, 2.75) is 19.3 Å². The topological polar surface area (TPSA) is 46.6 Å². The summed E-state index contributed by atoms with van der Waals surface area (Å²) in [6.45, 7) is 2.15. The van der Waals surface area contributed by atoms with Crippen LogP contribution in [0.25, 0.3) is 0 Å². The molecule has 3 heterocycles. The quantitative estimate of drug-likeness (QED) is 0.795. The van der Waals surface area contributed by atoms with E-state index in [4.69, 9.17) is 4.74 Å². The number of carbonyl (C=O) groups excluding carboxylic acids is 2. The van der Waals surface area contributed by atoms with Crippen molar-refractivity contribution in [2.75, 3.05) is 11.5 Å². The molecule has 0 fully saturated rings. The number of hydrogen-bond donors (Lipinski definition) is 0. The monoisotopic (exact) mass is 325 g/mol. The second-order valence-corrected chi connectivity index (χ2v) is 6.60. The number of carbonyl (C=O) groups is 2. The van der Waals surface area contributed by atoms with E-state index in [2.05, 4.69) is 0 Å². The first-order valence-corrected chi connectivity index (χ1v) is 8.41. The van der Waals surface area contributed by atoms with E-state index in [1.807, 2.05) is 48.0 Å². The maximum Gasteiger partial charge on any atom is 0.336 e. The first-order valence-electron chi connectivity index (χ1n) is 7.47. The molecule has 2 aliphatic heterocycles. The molecule has 4 nitrogen and oxygen atoms in total. The minimum Gasteiger partial charge on any atom is -0.456 e. The molecule has 0 unspecified atom stereocenters. The molecular formula is C18H15NO3S. The first kappa shape index (κ1) is 14.2. The van der Waals surface area contributed by atoms with Crippen LogP contribution in [-0.4, -0.2) is 18.5 Å². The molecule has 1 amide bonds. The van der Waals surface area contributed by atoms with Gasteiger partial charge >= 0.3 is 5.97 Å². The van der Waals surface area contributed by atoms with Crippen molar-refractivity contribution in [3.8, 4) is 0 Å². The van der Waals surface area contributed by atoms with Gasteiger partial charge in [0.15, 0.2) is 0 Å². The van der Waals surface area contributed by atoms with Gasteiger partial charge in [-0.3, -0.25) is 9.69 Å². The van der Waals surface area contributed by atoms with Crippen LogP contribution in [0.2, 0.25) is 0 Å². The Morgan fingerprint density at radius 1 is 1.26 bits per heavy atom. The molecule has 0 saturated carbocycles. The van der Waals surface area contributed by atoms with Crippen LogP contribution in [-0.2, 0) is 14.3 Å². The van der Waals surface area contributed by atoms with Crippen LogP contribution in [0, 0.1) is 6.92 Å². The van der Waals surface area contributed by atoms with Crippen LogP contribution in [0.3, 0.4) is 0 Å². The summed E-state index contributed by atoms with van der Waals surface area (Å²) in [7, 11) is 0. The number of hydrogen-bond acceptors (Lipinski definition) is 4. The van der Waals surface area contributed by atoms with Gasteiger partial charge in [-0.15, -0.1) is 0 Å². The highest BCUT2D eigenvalue weighted by Crippen LogP contribution is 2.42. The minimum absolute atomic E-state index is 0.00356. The number of nitrogens with zero attached hydrogens (tertiary/aromatic N) is 1. The summed E-state index contributed by atoms with van der Waals surface area (Å²) in [5, 5.41) is 3.96. The maximum atomic E-state index is 12.8. The highest BCUT2D eigenvalue weighted by atomic mass is 32.1. The van der Waals surface area contributed by atoms with Gasteiger partial charge < -0.3 is 4.74 Å². The summed E-state index contributed by atoms with van der Waals surface area (Å²) in [6, 6.07) is 9.72. The molecule has 1 aromatic carbocycles. The molecule has 0 saturated heterocycles. The highest BCUT2D eigenvalue weighted by Gasteiger charge is 2.42. The predicted molar refractivity (Wildman–Crippen MR) is 88.3 cm³/mol. The van der Waals surface area contributed by atoms with Crippen molar-refractivity contribution < 1.29 is 14.3 Å². The van der Waals surface area contributed by atoms with Crippen molar-refractivity contribution in [1.82, 2.24) is 0 Å². The van der Waals surface area contributed by atoms with Gasteiger partial charge in [0.25, 0.3) is 0 Å². The van der Waals surface area contributed by atoms with Gasteiger partial charge in [-0.2, -0.15) is 11.3 Å². The van der Waals surface area contributed by atoms with E-state index in [9.17, 15) is 9.59 Å². The largest absolute Gasteiger partial charge is 0.456 e. The van der Waals surface area contributed by atoms with Gasteiger partial charge in [-0.1, -0.05) is 12.1 Å². The molecule has 5 heteroatoms. The molecule has 2 aliphatic rings. The summed E-state index contributed by atoms with van der Waals surface area (Å²) >= 11 is 1.57. The number of amides is 1. The lowest BCUT2D eigenvalue weighted by atomic mass is 9.85. The first-order chi connectivity index (χ1) is 11.1. The SMILES string of the molecule is Cc1cccc(N2C(=O)C[C@@H](c3ccsc3)C3=C2COC3=O)c1. The molecule has 1 atom stereocenters. The molecule has 4 rings (SSSR count).